The molecular weight excluding hydrogens is 477 g/mol. The first kappa shape index (κ1) is 24.0. The number of anilines is 1. The topological polar surface area (TPSA) is 45.9 Å². The monoisotopic (exact) mass is 507 g/mol. The van der Waals surface area contributed by atoms with Gasteiger partial charge >= 0.3 is 0 Å². The van der Waals surface area contributed by atoms with Crippen LogP contribution in [0, 0.1) is 12.7 Å². The molecule has 6 rings (SSSR count). The van der Waals surface area contributed by atoms with Crippen LogP contribution < -0.4 is 9.75 Å². The lowest BCUT2D eigenvalue weighted by Crippen LogP contribution is -2.54. The van der Waals surface area contributed by atoms with Crippen molar-refractivity contribution in [1.29, 1.82) is 0 Å². The third-order valence-electron chi connectivity index (χ3n) is 7.11. The van der Waals surface area contributed by atoms with E-state index >= 15 is 0 Å². The summed E-state index contributed by atoms with van der Waals surface area (Å²) in [6.45, 7) is 3.52. The van der Waals surface area contributed by atoms with Crippen LogP contribution in [0.25, 0.3) is 11.8 Å². The summed E-state index contributed by atoms with van der Waals surface area (Å²) in [5.41, 5.74) is 6.26. The molecule has 3 aromatic carbocycles. The number of ether oxygens (including phenoxy) is 1. The zero-order valence-electron chi connectivity index (χ0n) is 21.6. The minimum absolute atomic E-state index is 0.0320. The largest absolute Gasteiger partial charge is 0.495 e. The molecule has 0 bridgehead atoms. The van der Waals surface area contributed by atoms with Gasteiger partial charge in [-0.3, -0.25) is 15.0 Å². The van der Waals surface area contributed by atoms with Crippen LogP contribution in [-0.2, 0) is 0 Å². The van der Waals surface area contributed by atoms with Gasteiger partial charge < -0.3 is 9.30 Å². The van der Waals surface area contributed by atoms with Crippen LogP contribution >= 0.6 is 0 Å². The lowest BCUT2D eigenvalue weighted by Gasteiger charge is -2.46. The smallest absolute Gasteiger partial charge is 0.146 e. The van der Waals surface area contributed by atoms with Crippen molar-refractivity contribution in [2.75, 3.05) is 25.2 Å². The van der Waals surface area contributed by atoms with Gasteiger partial charge in [0.1, 0.15) is 17.4 Å². The normalized spacial score (nSPS) is 18.3. The first-order valence-corrected chi connectivity index (χ1v) is 12.9. The van der Waals surface area contributed by atoms with Crippen LogP contribution in [0.1, 0.15) is 35.7 Å². The molecule has 192 valence electrons. The van der Waals surface area contributed by atoms with Crippen molar-refractivity contribution >= 4 is 17.6 Å². The molecule has 38 heavy (non-hydrogen) atoms. The molecule has 4 aromatic rings. The third-order valence-corrected chi connectivity index (χ3v) is 7.11. The Balaban J connectivity index is 1.40. The minimum Gasteiger partial charge on any atom is -0.495 e. The van der Waals surface area contributed by atoms with Crippen molar-refractivity contribution < 1.29 is 9.13 Å². The van der Waals surface area contributed by atoms with E-state index in [4.69, 9.17) is 9.73 Å². The van der Waals surface area contributed by atoms with Gasteiger partial charge in [0.2, 0.25) is 0 Å². The number of hydrogen-bond donors (Lipinski definition) is 0. The first-order chi connectivity index (χ1) is 18.6. The fourth-order valence-electron chi connectivity index (χ4n) is 5.24. The predicted octanol–water partition coefficient (Wildman–Crippen LogP) is 6.38. The van der Waals surface area contributed by atoms with Gasteiger partial charge in [-0.25, -0.2) is 9.37 Å². The number of aliphatic imine (C=N–C) groups is 1. The maximum absolute atomic E-state index is 13.8. The van der Waals surface area contributed by atoms with Gasteiger partial charge in [-0.2, -0.15) is 0 Å². The zero-order chi connectivity index (χ0) is 26.1. The van der Waals surface area contributed by atoms with Crippen molar-refractivity contribution in [1.82, 2.24) is 14.6 Å². The Hall–Kier alpha value is -4.39. The van der Waals surface area contributed by atoms with Gasteiger partial charge in [0.05, 0.1) is 43.1 Å². The second kappa shape index (κ2) is 10.2. The number of aromatic nitrogens is 2. The Morgan fingerprint density at radius 1 is 1.00 bits per heavy atom. The van der Waals surface area contributed by atoms with Gasteiger partial charge in [0.25, 0.3) is 0 Å². The number of imidazole rings is 1. The Morgan fingerprint density at radius 3 is 2.55 bits per heavy atom. The molecule has 7 heteroatoms. The van der Waals surface area contributed by atoms with Gasteiger partial charge in [0.15, 0.2) is 0 Å². The van der Waals surface area contributed by atoms with E-state index in [0.29, 0.717) is 6.54 Å². The molecule has 0 spiro atoms. The number of methoxy groups -OCH3 is 1. The summed E-state index contributed by atoms with van der Waals surface area (Å²) in [7, 11) is 1.69. The fourth-order valence-corrected chi connectivity index (χ4v) is 5.24. The molecule has 6 nitrogen and oxygen atoms in total. The van der Waals surface area contributed by atoms with E-state index < -0.39 is 0 Å². The molecule has 1 atom stereocenters. The van der Waals surface area contributed by atoms with Crippen LogP contribution in [0.3, 0.4) is 0 Å². The SMILES string of the molecule is COc1cc(C=C2CCCN3C2=NC(c2ccccc2)CN3c2ccc(F)cc2)ccc1-n1cnc(C)c1. The molecule has 1 unspecified atom stereocenters. The molecule has 1 aromatic heterocycles. The molecule has 0 amide bonds. The third kappa shape index (κ3) is 4.67. The number of halogens is 1. The van der Waals surface area contributed by atoms with E-state index in [1.807, 2.05) is 35.9 Å². The molecule has 1 fully saturated rings. The van der Waals surface area contributed by atoms with Crippen LogP contribution in [0.15, 0.2) is 95.9 Å². The van der Waals surface area contributed by atoms with Crippen LogP contribution in [0.2, 0.25) is 0 Å². The van der Waals surface area contributed by atoms with Crippen molar-refractivity contribution in [3.63, 3.8) is 0 Å². The summed E-state index contributed by atoms with van der Waals surface area (Å²) in [5.74, 6) is 1.51. The summed E-state index contributed by atoms with van der Waals surface area (Å²) >= 11 is 0. The second-order valence-corrected chi connectivity index (χ2v) is 9.69. The molecular formula is C31H30FN5O. The maximum atomic E-state index is 13.8. The molecule has 2 aliphatic heterocycles. The maximum Gasteiger partial charge on any atom is 0.146 e. The van der Waals surface area contributed by atoms with Crippen molar-refractivity contribution in [3.8, 4) is 11.4 Å². The highest BCUT2D eigenvalue weighted by atomic mass is 19.1. The fraction of sp³-hybridized carbons (Fsp3) is 0.226. The Labute approximate surface area is 222 Å². The van der Waals surface area contributed by atoms with E-state index in [-0.39, 0.29) is 11.9 Å². The summed E-state index contributed by atoms with van der Waals surface area (Å²) in [4.78, 5) is 9.62. The minimum atomic E-state index is -0.235. The average molecular weight is 508 g/mol. The Kier molecular flexibility index (Phi) is 6.42. The average Bonchev–Trinajstić information content (AvgIpc) is 3.39. The van der Waals surface area contributed by atoms with Gasteiger partial charge in [0, 0.05) is 12.7 Å². The molecule has 0 radical (unpaired) electrons. The molecule has 3 heterocycles. The van der Waals surface area contributed by atoms with Gasteiger partial charge in [-0.15, -0.1) is 0 Å². The van der Waals surface area contributed by atoms with Crippen LogP contribution in [0.5, 0.6) is 5.75 Å². The van der Waals surface area contributed by atoms with E-state index in [0.717, 1.165) is 53.6 Å². The van der Waals surface area contributed by atoms with Gasteiger partial charge in [-0.1, -0.05) is 36.4 Å². The highest BCUT2D eigenvalue weighted by Gasteiger charge is 2.33. The lowest BCUT2D eigenvalue weighted by molar-refractivity contribution is 0.328. The highest BCUT2D eigenvalue weighted by molar-refractivity contribution is 6.04. The van der Waals surface area contributed by atoms with E-state index in [9.17, 15) is 4.39 Å². The number of fused-ring (bicyclic) bond motifs is 1. The summed E-state index contributed by atoms with van der Waals surface area (Å²) in [5, 5.41) is 4.50. The Morgan fingerprint density at radius 2 is 1.82 bits per heavy atom. The van der Waals surface area contributed by atoms with Crippen molar-refractivity contribution in [2.45, 2.75) is 25.8 Å². The molecule has 0 N–H and O–H groups in total. The lowest BCUT2D eigenvalue weighted by atomic mass is 9.98. The number of nitrogens with zero attached hydrogens (tertiary/aromatic N) is 5. The summed E-state index contributed by atoms with van der Waals surface area (Å²) in [6, 6.07) is 23.3. The quantitative estimate of drug-likeness (QED) is 0.314. The number of hydrogen-bond acceptors (Lipinski definition) is 5. The number of benzene rings is 3. The second-order valence-electron chi connectivity index (χ2n) is 9.69. The molecule has 2 aliphatic rings. The van der Waals surface area contributed by atoms with Gasteiger partial charge in [-0.05, 0) is 78.9 Å². The van der Waals surface area contributed by atoms with E-state index in [1.165, 1.54) is 23.3 Å². The molecule has 0 saturated carbocycles. The first-order valence-electron chi connectivity index (χ1n) is 12.9. The number of rotatable bonds is 5. The zero-order valence-corrected chi connectivity index (χ0v) is 21.6. The standard InChI is InChI=1S/C31H30FN5O/c1-22-19-35(21-33-22)29-15-10-23(18-30(29)38-2)17-25-9-6-16-36-31(25)34-28(24-7-4-3-5-8-24)20-37(36)27-13-11-26(32)12-14-27/h3-5,7-8,10-15,17-19,21,28H,6,9,16,20H2,1-2H3. The van der Waals surface area contributed by atoms with E-state index in [1.54, 1.807) is 13.4 Å². The van der Waals surface area contributed by atoms with E-state index in [2.05, 4.69) is 63.5 Å². The highest BCUT2D eigenvalue weighted by Crippen LogP contribution is 2.35. The number of aryl methyl sites for hydroxylation is 1. The molecule has 1 saturated heterocycles. The summed E-state index contributed by atoms with van der Waals surface area (Å²) in [6.07, 6.45) is 7.93. The summed E-state index contributed by atoms with van der Waals surface area (Å²) < 4.78 is 21.5. The van der Waals surface area contributed by atoms with Crippen molar-refractivity contribution in [3.05, 3.63) is 114 Å². The molecule has 0 aliphatic carbocycles. The van der Waals surface area contributed by atoms with Crippen molar-refractivity contribution in [2.24, 2.45) is 4.99 Å². The number of amidine groups is 1. The predicted molar refractivity (Wildman–Crippen MR) is 149 cm³/mol. The van der Waals surface area contributed by atoms with Crippen LogP contribution in [-0.4, -0.2) is 40.6 Å². The van der Waals surface area contributed by atoms with Crippen LogP contribution in [0.4, 0.5) is 10.1 Å². The number of piperidine rings is 1. The Bertz CT molecular complexity index is 1490. The number of hydrazine groups is 1.